The van der Waals surface area contributed by atoms with E-state index in [0.717, 1.165) is 17.2 Å². The van der Waals surface area contributed by atoms with Gasteiger partial charge in [0.1, 0.15) is 0 Å². The van der Waals surface area contributed by atoms with Gasteiger partial charge in [-0.3, -0.25) is 19.4 Å². The van der Waals surface area contributed by atoms with Gasteiger partial charge in [0.2, 0.25) is 0 Å². The number of nitrogens with one attached hydrogen (secondary N) is 1. The average Bonchev–Trinajstić information content (AvgIpc) is 3.55. The van der Waals surface area contributed by atoms with E-state index in [2.05, 4.69) is 20.2 Å². The van der Waals surface area contributed by atoms with Crippen molar-refractivity contribution in [1.82, 2.24) is 29.3 Å². The highest BCUT2D eigenvalue weighted by atomic mass is 19.4. The van der Waals surface area contributed by atoms with Gasteiger partial charge in [0.25, 0.3) is 5.56 Å². The maximum absolute atomic E-state index is 14.2. The zero-order valence-electron chi connectivity index (χ0n) is 18.8. The lowest BCUT2D eigenvalue weighted by molar-refractivity contribution is -0.137. The van der Waals surface area contributed by atoms with Crippen molar-refractivity contribution < 1.29 is 13.2 Å². The summed E-state index contributed by atoms with van der Waals surface area (Å²) in [5.74, 6) is 0. The number of rotatable bonds is 3. The number of aryl methyl sites for hydroxylation is 1. The van der Waals surface area contributed by atoms with Gasteiger partial charge in [0.05, 0.1) is 46.2 Å². The lowest BCUT2D eigenvalue weighted by Gasteiger charge is -2.18. The minimum atomic E-state index is -4.66. The van der Waals surface area contributed by atoms with Crippen molar-refractivity contribution >= 4 is 21.8 Å². The first-order valence-electron chi connectivity index (χ1n) is 11.0. The molecule has 0 radical (unpaired) electrons. The Morgan fingerprint density at radius 2 is 1.81 bits per heavy atom. The van der Waals surface area contributed by atoms with E-state index >= 15 is 0 Å². The van der Waals surface area contributed by atoms with Crippen LogP contribution < -0.4 is 5.56 Å². The predicted molar refractivity (Wildman–Crippen MR) is 129 cm³/mol. The summed E-state index contributed by atoms with van der Waals surface area (Å²) in [6.45, 7) is 1.70. The molecule has 4 aromatic heterocycles. The van der Waals surface area contributed by atoms with Gasteiger partial charge in [0.15, 0.2) is 0 Å². The van der Waals surface area contributed by atoms with Crippen LogP contribution in [0.25, 0.3) is 44.3 Å². The highest BCUT2D eigenvalue weighted by Crippen LogP contribution is 2.36. The molecule has 0 saturated carbocycles. The number of benzene rings is 2. The topological polar surface area (TPSA) is 81.4 Å². The SMILES string of the molecule is Cc1cn(-c2ccc(-n3c(=O)ccc4cnc5ccc(-c6cn[nH]c6)cc5c43)cc2C(F)(F)F)cn1. The van der Waals surface area contributed by atoms with Gasteiger partial charge >= 0.3 is 6.18 Å². The molecule has 10 heteroatoms. The molecule has 2 aromatic carbocycles. The van der Waals surface area contributed by atoms with E-state index in [1.165, 1.54) is 39.9 Å². The van der Waals surface area contributed by atoms with E-state index in [1.54, 1.807) is 31.6 Å². The van der Waals surface area contributed by atoms with E-state index in [-0.39, 0.29) is 11.4 Å². The lowest BCUT2D eigenvalue weighted by atomic mass is 10.0. The molecule has 0 atom stereocenters. The number of pyridine rings is 2. The van der Waals surface area contributed by atoms with Crippen LogP contribution in [-0.2, 0) is 6.18 Å². The van der Waals surface area contributed by atoms with Gasteiger partial charge < -0.3 is 4.57 Å². The zero-order chi connectivity index (χ0) is 25.0. The van der Waals surface area contributed by atoms with Crippen LogP contribution in [0.3, 0.4) is 0 Å². The minimum Gasteiger partial charge on any atom is -0.305 e. The number of H-pyrrole nitrogens is 1. The average molecular weight is 486 g/mol. The smallest absolute Gasteiger partial charge is 0.305 e. The maximum atomic E-state index is 14.2. The van der Waals surface area contributed by atoms with Gasteiger partial charge in [-0.1, -0.05) is 6.07 Å². The molecule has 4 heterocycles. The van der Waals surface area contributed by atoms with Gasteiger partial charge in [-0.2, -0.15) is 18.3 Å². The Morgan fingerprint density at radius 3 is 2.53 bits per heavy atom. The second kappa shape index (κ2) is 7.91. The van der Waals surface area contributed by atoms with E-state index in [1.807, 2.05) is 18.2 Å². The summed E-state index contributed by atoms with van der Waals surface area (Å²) in [6, 6.07) is 12.4. The van der Waals surface area contributed by atoms with Gasteiger partial charge in [-0.15, -0.1) is 0 Å². The molecule has 0 bridgehead atoms. The Labute approximate surface area is 201 Å². The van der Waals surface area contributed by atoms with Crippen molar-refractivity contribution in [3.63, 3.8) is 0 Å². The van der Waals surface area contributed by atoms with Crippen molar-refractivity contribution in [2.75, 3.05) is 0 Å². The second-order valence-corrected chi connectivity index (χ2v) is 8.41. The number of halogens is 3. The Kier molecular flexibility index (Phi) is 4.78. The zero-order valence-corrected chi connectivity index (χ0v) is 18.8. The fourth-order valence-corrected chi connectivity index (χ4v) is 4.42. The standard InChI is InChI=1S/C26H17F3N6O/c1-15-13-34(14-31-15)23-6-4-19(9-21(23)26(27,28)29)35-24(36)7-3-17-10-30-22-5-2-16(8-20(22)25(17)35)18-11-32-33-12-18/h2-14H,1H3,(H,32,33). The highest BCUT2D eigenvalue weighted by Gasteiger charge is 2.34. The second-order valence-electron chi connectivity index (χ2n) is 8.41. The fourth-order valence-electron chi connectivity index (χ4n) is 4.42. The van der Waals surface area contributed by atoms with Crippen molar-refractivity contribution in [3.05, 3.63) is 101 Å². The molecule has 0 aliphatic rings. The molecular formula is C26H17F3N6O. The molecule has 6 rings (SSSR count). The number of nitrogens with zero attached hydrogens (tertiary/aromatic N) is 5. The van der Waals surface area contributed by atoms with Crippen LogP contribution in [0, 0.1) is 6.92 Å². The van der Waals surface area contributed by atoms with Crippen molar-refractivity contribution in [1.29, 1.82) is 0 Å². The Morgan fingerprint density at radius 1 is 0.944 bits per heavy atom. The van der Waals surface area contributed by atoms with Crippen molar-refractivity contribution in [2.24, 2.45) is 0 Å². The molecule has 0 fully saturated rings. The fraction of sp³-hybridized carbons (Fsp3) is 0.0769. The Hall–Kier alpha value is -4.73. The van der Waals surface area contributed by atoms with E-state index in [0.29, 0.717) is 27.5 Å². The molecule has 7 nitrogen and oxygen atoms in total. The van der Waals surface area contributed by atoms with E-state index in [9.17, 15) is 18.0 Å². The van der Waals surface area contributed by atoms with Gasteiger partial charge in [0, 0.05) is 41.0 Å². The monoisotopic (exact) mass is 486 g/mol. The van der Waals surface area contributed by atoms with Crippen LogP contribution in [0.4, 0.5) is 13.2 Å². The molecule has 178 valence electrons. The summed E-state index contributed by atoms with van der Waals surface area (Å²) >= 11 is 0. The number of aromatic amines is 1. The number of fused-ring (bicyclic) bond motifs is 3. The van der Waals surface area contributed by atoms with E-state index < -0.39 is 17.3 Å². The van der Waals surface area contributed by atoms with Gasteiger partial charge in [-0.05, 0) is 48.9 Å². The molecule has 1 N–H and O–H groups in total. The van der Waals surface area contributed by atoms with Crippen molar-refractivity contribution in [2.45, 2.75) is 13.1 Å². The number of imidazole rings is 1. The molecule has 0 aliphatic carbocycles. The Bertz CT molecular complexity index is 1820. The Balaban J connectivity index is 1.66. The third kappa shape index (κ3) is 3.54. The van der Waals surface area contributed by atoms with Crippen LogP contribution in [0.2, 0.25) is 0 Å². The third-order valence-electron chi connectivity index (χ3n) is 6.08. The van der Waals surface area contributed by atoms with Crippen molar-refractivity contribution in [3.8, 4) is 22.5 Å². The molecule has 0 unspecified atom stereocenters. The summed E-state index contributed by atoms with van der Waals surface area (Å²) in [5.41, 5.74) is 2.02. The normalized spacial score (nSPS) is 12.0. The van der Waals surface area contributed by atoms with Crippen LogP contribution in [0.5, 0.6) is 0 Å². The maximum Gasteiger partial charge on any atom is 0.418 e. The summed E-state index contributed by atoms with van der Waals surface area (Å²) in [6.07, 6.45) is 3.21. The third-order valence-corrected chi connectivity index (χ3v) is 6.08. The molecule has 0 spiro atoms. The summed E-state index contributed by atoms with van der Waals surface area (Å²) in [4.78, 5) is 21.7. The van der Waals surface area contributed by atoms with Crippen LogP contribution >= 0.6 is 0 Å². The molecule has 0 saturated heterocycles. The van der Waals surface area contributed by atoms with Crippen LogP contribution in [-0.4, -0.2) is 29.3 Å². The molecule has 36 heavy (non-hydrogen) atoms. The molecule has 0 aliphatic heterocycles. The number of aromatic nitrogens is 6. The quantitative estimate of drug-likeness (QED) is 0.338. The van der Waals surface area contributed by atoms with Gasteiger partial charge in [-0.25, -0.2) is 4.98 Å². The number of hydrogen-bond donors (Lipinski definition) is 1. The first-order valence-corrected chi connectivity index (χ1v) is 11.0. The number of alkyl halides is 3. The molecule has 6 aromatic rings. The van der Waals surface area contributed by atoms with E-state index in [4.69, 9.17) is 0 Å². The largest absolute Gasteiger partial charge is 0.418 e. The summed E-state index contributed by atoms with van der Waals surface area (Å²) in [5, 5.41) is 8.00. The molecular weight excluding hydrogens is 469 g/mol. The minimum absolute atomic E-state index is 0.0751. The first kappa shape index (κ1) is 21.8. The summed E-state index contributed by atoms with van der Waals surface area (Å²) < 4.78 is 45.1. The predicted octanol–water partition coefficient (Wildman–Crippen LogP) is 5.44. The lowest BCUT2D eigenvalue weighted by Crippen LogP contribution is -2.19. The summed E-state index contributed by atoms with van der Waals surface area (Å²) in [7, 11) is 0. The number of hydrogen-bond acceptors (Lipinski definition) is 4. The molecule has 0 amide bonds. The highest BCUT2D eigenvalue weighted by molar-refractivity contribution is 6.05. The van der Waals surface area contributed by atoms with Crippen LogP contribution in [0.15, 0.2) is 84.4 Å². The van der Waals surface area contributed by atoms with Crippen LogP contribution in [0.1, 0.15) is 11.3 Å². The first-order chi connectivity index (χ1) is 17.3.